The number of carbonyl (C=O) groups is 2. The molecule has 1 fully saturated rings. The normalized spacial score (nSPS) is 21.5. The second-order valence-electron chi connectivity index (χ2n) is 5.99. The Hall–Kier alpha value is -2.93. The molecule has 0 radical (unpaired) electrons. The van der Waals surface area contributed by atoms with Crippen LogP contribution in [0.15, 0.2) is 58.9 Å². The summed E-state index contributed by atoms with van der Waals surface area (Å²) in [5.41, 5.74) is 1.31. The van der Waals surface area contributed by atoms with E-state index in [0.717, 1.165) is 10.5 Å². The molecule has 132 valence electrons. The first-order chi connectivity index (χ1) is 12.6. The zero-order valence-electron chi connectivity index (χ0n) is 13.9. The minimum absolute atomic E-state index is 0.305. The maximum absolute atomic E-state index is 12.9. The van der Waals surface area contributed by atoms with Crippen LogP contribution in [0.2, 0.25) is 5.02 Å². The summed E-state index contributed by atoms with van der Waals surface area (Å²) >= 11 is 6.19. The van der Waals surface area contributed by atoms with E-state index in [1.165, 1.54) is 5.01 Å². The summed E-state index contributed by atoms with van der Waals surface area (Å²) < 4.78 is 5.11. The third kappa shape index (κ3) is 2.61. The van der Waals surface area contributed by atoms with Crippen LogP contribution in [0.4, 0.5) is 5.69 Å². The Kier molecular flexibility index (Phi) is 4.08. The summed E-state index contributed by atoms with van der Waals surface area (Å²) in [6.45, 7) is 0.305. The molecule has 2 amide bonds. The lowest BCUT2D eigenvalue weighted by Gasteiger charge is -2.21. The number of anilines is 1. The minimum Gasteiger partial charge on any atom is -0.497 e. The molecule has 0 saturated carbocycles. The molecule has 2 aromatic carbocycles. The molecule has 2 aliphatic rings. The maximum Gasteiger partial charge on any atom is 0.263 e. The standard InChI is InChI=1S/C18H15ClN4O3/c1-26-13-8-6-12(7-9-13)23-17(24)15-16(18(23)25)22(21-20-15)10-11-4-2-3-5-14(11)19/h2-9,15-16H,10H2,1H3. The second-order valence-corrected chi connectivity index (χ2v) is 6.40. The fraction of sp³-hybridized carbons (Fsp3) is 0.222. The van der Waals surface area contributed by atoms with Crippen LogP contribution in [-0.2, 0) is 16.1 Å². The van der Waals surface area contributed by atoms with Crippen LogP contribution in [0.1, 0.15) is 5.56 Å². The number of hydrogen-bond acceptors (Lipinski definition) is 6. The number of nitrogens with zero attached hydrogens (tertiary/aromatic N) is 4. The second kappa shape index (κ2) is 6.42. The van der Waals surface area contributed by atoms with Crippen molar-refractivity contribution < 1.29 is 14.3 Å². The Morgan fingerprint density at radius 3 is 2.50 bits per heavy atom. The molecule has 0 aliphatic carbocycles. The summed E-state index contributed by atoms with van der Waals surface area (Å²) in [5.74, 6) is -0.0779. The van der Waals surface area contributed by atoms with Crippen LogP contribution < -0.4 is 9.64 Å². The van der Waals surface area contributed by atoms with E-state index in [4.69, 9.17) is 16.3 Å². The zero-order chi connectivity index (χ0) is 18.3. The van der Waals surface area contributed by atoms with Crippen molar-refractivity contribution in [2.45, 2.75) is 18.6 Å². The smallest absolute Gasteiger partial charge is 0.263 e. The highest BCUT2D eigenvalue weighted by Gasteiger charge is 2.54. The van der Waals surface area contributed by atoms with Crippen LogP contribution in [-0.4, -0.2) is 36.0 Å². The first-order valence-corrected chi connectivity index (χ1v) is 8.40. The van der Waals surface area contributed by atoms with Gasteiger partial charge in [0.05, 0.1) is 19.3 Å². The molecule has 4 rings (SSSR count). The van der Waals surface area contributed by atoms with E-state index in [0.29, 0.717) is 23.0 Å². The van der Waals surface area contributed by atoms with E-state index >= 15 is 0 Å². The van der Waals surface area contributed by atoms with Gasteiger partial charge in [0.25, 0.3) is 11.8 Å². The Bertz CT molecular complexity index is 900. The van der Waals surface area contributed by atoms with Crippen molar-refractivity contribution in [2.75, 3.05) is 12.0 Å². The van der Waals surface area contributed by atoms with E-state index in [-0.39, 0.29) is 11.8 Å². The van der Waals surface area contributed by atoms with Gasteiger partial charge in [-0.1, -0.05) is 35.0 Å². The van der Waals surface area contributed by atoms with Crippen LogP contribution in [0.25, 0.3) is 0 Å². The highest BCUT2D eigenvalue weighted by molar-refractivity contribution is 6.31. The number of benzene rings is 2. The third-order valence-corrected chi connectivity index (χ3v) is 4.85. The predicted octanol–water partition coefficient (Wildman–Crippen LogP) is 2.84. The number of amides is 2. The van der Waals surface area contributed by atoms with Crippen LogP contribution >= 0.6 is 11.6 Å². The summed E-state index contributed by atoms with van der Waals surface area (Å²) in [5, 5.41) is 10.1. The lowest BCUT2D eigenvalue weighted by Crippen LogP contribution is -2.39. The van der Waals surface area contributed by atoms with Crippen LogP contribution in [0.5, 0.6) is 5.75 Å². The van der Waals surface area contributed by atoms with Crippen molar-refractivity contribution in [3.8, 4) is 5.75 Å². The molecule has 2 aliphatic heterocycles. The fourth-order valence-electron chi connectivity index (χ4n) is 3.14. The molecule has 2 aromatic rings. The Balaban J connectivity index is 1.60. The number of carbonyl (C=O) groups excluding carboxylic acids is 2. The molecule has 0 spiro atoms. The number of methoxy groups -OCH3 is 1. The van der Waals surface area contributed by atoms with Gasteiger partial charge in [-0.2, -0.15) is 5.11 Å². The summed E-state index contributed by atoms with van der Waals surface area (Å²) in [6.07, 6.45) is 0. The van der Waals surface area contributed by atoms with Gasteiger partial charge in [0.1, 0.15) is 5.75 Å². The van der Waals surface area contributed by atoms with Gasteiger partial charge in [0, 0.05) is 5.02 Å². The molecule has 1 saturated heterocycles. The van der Waals surface area contributed by atoms with Crippen molar-refractivity contribution in [3.63, 3.8) is 0 Å². The number of rotatable bonds is 4. The molecule has 7 nitrogen and oxygen atoms in total. The molecular formula is C18H15ClN4O3. The number of ether oxygens (including phenoxy) is 1. The van der Waals surface area contributed by atoms with Crippen LogP contribution in [0, 0.1) is 0 Å². The summed E-state index contributed by atoms with van der Waals surface area (Å²) in [7, 11) is 1.55. The summed E-state index contributed by atoms with van der Waals surface area (Å²) in [4.78, 5) is 26.8. The molecule has 2 atom stereocenters. The van der Waals surface area contributed by atoms with Crippen molar-refractivity contribution in [1.29, 1.82) is 0 Å². The van der Waals surface area contributed by atoms with Gasteiger partial charge in [-0.05, 0) is 35.9 Å². The highest BCUT2D eigenvalue weighted by atomic mass is 35.5. The number of hydrogen-bond donors (Lipinski definition) is 0. The molecule has 2 heterocycles. The molecule has 0 aromatic heterocycles. The van der Waals surface area contributed by atoms with Gasteiger partial charge >= 0.3 is 0 Å². The van der Waals surface area contributed by atoms with Gasteiger partial charge in [-0.25, -0.2) is 4.90 Å². The SMILES string of the molecule is COc1ccc(N2C(=O)C3N=NN(Cc4ccccc4Cl)C3C2=O)cc1. The Morgan fingerprint density at radius 2 is 1.81 bits per heavy atom. The average molecular weight is 371 g/mol. The Morgan fingerprint density at radius 1 is 1.08 bits per heavy atom. The number of halogens is 1. The Labute approximate surface area is 154 Å². The van der Waals surface area contributed by atoms with Crippen molar-refractivity contribution >= 4 is 29.1 Å². The molecule has 0 bridgehead atoms. The fourth-order valence-corrected chi connectivity index (χ4v) is 3.34. The summed E-state index contributed by atoms with van der Waals surface area (Å²) in [6, 6.07) is 12.5. The van der Waals surface area contributed by atoms with E-state index < -0.39 is 12.1 Å². The predicted molar refractivity (Wildman–Crippen MR) is 94.9 cm³/mol. The van der Waals surface area contributed by atoms with E-state index in [1.807, 2.05) is 18.2 Å². The molecule has 0 N–H and O–H groups in total. The zero-order valence-corrected chi connectivity index (χ0v) is 14.6. The maximum atomic E-state index is 12.9. The van der Waals surface area contributed by atoms with Gasteiger partial charge in [-0.15, -0.1) is 0 Å². The van der Waals surface area contributed by atoms with E-state index in [2.05, 4.69) is 10.3 Å². The van der Waals surface area contributed by atoms with E-state index in [1.54, 1.807) is 37.4 Å². The van der Waals surface area contributed by atoms with Crippen molar-refractivity contribution in [1.82, 2.24) is 5.01 Å². The van der Waals surface area contributed by atoms with Gasteiger partial charge in [0.15, 0.2) is 12.1 Å². The first-order valence-electron chi connectivity index (χ1n) is 8.03. The quantitative estimate of drug-likeness (QED) is 0.775. The molecule has 26 heavy (non-hydrogen) atoms. The number of imide groups is 1. The number of fused-ring (bicyclic) bond motifs is 1. The molecule has 8 heteroatoms. The third-order valence-electron chi connectivity index (χ3n) is 4.48. The lowest BCUT2D eigenvalue weighted by atomic mass is 10.1. The van der Waals surface area contributed by atoms with Crippen molar-refractivity contribution in [3.05, 3.63) is 59.1 Å². The molecule has 2 unspecified atom stereocenters. The largest absolute Gasteiger partial charge is 0.497 e. The average Bonchev–Trinajstić information content (AvgIpc) is 3.17. The lowest BCUT2D eigenvalue weighted by molar-refractivity contribution is -0.123. The first kappa shape index (κ1) is 16.5. The monoisotopic (exact) mass is 370 g/mol. The topological polar surface area (TPSA) is 74.6 Å². The van der Waals surface area contributed by atoms with E-state index in [9.17, 15) is 9.59 Å². The van der Waals surface area contributed by atoms with Gasteiger partial charge in [-0.3, -0.25) is 14.6 Å². The van der Waals surface area contributed by atoms with Gasteiger partial charge in [0.2, 0.25) is 0 Å². The minimum atomic E-state index is -0.827. The highest BCUT2D eigenvalue weighted by Crippen LogP contribution is 2.34. The van der Waals surface area contributed by atoms with Gasteiger partial charge < -0.3 is 4.74 Å². The van der Waals surface area contributed by atoms with Crippen molar-refractivity contribution in [2.24, 2.45) is 10.3 Å². The molecular weight excluding hydrogens is 356 g/mol. The van der Waals surface area contributed by atoms with Crippen LogP contribution in [0.3, 0.4) is 0 Å².